The standard InChI is InChI=1S/C13H5Br2N3S3/c14-9-3-16-12(20-9)6-1-2-7(11-8(6)5-19-18-11)13-17-4-10(15)21-13/h1-5H. The van der Waals surface area contributed by atoms with Crippen molar-refractivity contribution in [3.8, 4) is 21.1 Å². The molecule has 0 spiro atoms. The molecule has 4 aromatic rings. The Morgan fingerprint density at radius 3 is 2.10 bits per heavy atom. The molecule has 21 heavy (non-hydrogen) atoms. The van der Waals surface area contributed by atoms with Crippen molar-refractivity contribution < 1.29 is 0 Å². The van der Waals surface area contributed by atoms with E-state index in [4.69, 9.17) is 0 Å². The maximum atomic E-state index is 4.56. The van der Waals surface area contributed by atoms with Crippen LogP contribution in [0.1, 0.15) is 0 Å². The summed E-state index contributed by atoms with van der Waals surface area (Å²) in [5, 5.41) is 5.18. The predicted octanol–water partition coefficient (Wildman–Crippen LogP) is 6.07. The van der Waals surface area contributed by atoms with Crippen molar-refractivity contribution in [1.29, 1.82) is 0 Å². The van der Waals surface area contributed by atoms with E-state index in [0.717, 1.165) is 39.6 Å². The van der Waals surface area contributed by atoms with Crippen molar-refractivity contribution in [3.05, 3.63) is 37.5 Å². The lowest BCUT2D eigenvalue weighted by Gasteiger charge is -2.03. The van der Waals surface area contributed by atoms with Crippen LogP contribution in [0, 0.1) is 0 Å². The van der Waals surface area contributed by atoms with Crippen molar-refractivity contribution in [3.63, 3.8) is 0 Å². The van der Waals surface area contributed by atoms with Gasteiger partial charge in [0, 0.05) is 21.9 Å². The zero-order valence-electron chi connectivity index (χ0n) is 10.2. The van der Waals surface area contributed by atoms with E-state index in [9.17, 15) is 0 Å². The van der Waals surface area contributed by atoms with E-state index in [1.807, 2.05) is 12.4 Å². The van der Waals surface area contributed by atoms with Gasteiger partial charge in [-0.05, 0) is 49.5 Å². The second-order valence-corrected chi connectivity index (χ2v) is 9.63. The summed E-state index contributed by atoms with van der Waals surface area (Å²) < 4.78 is 6.61. The molecule has 0 bridgehead atoms. The van der Waals surface area contributed by atoms with E-state index in [0.29, 0.717) is 0 Å². The Labute approximate surface area is 149 Å². The summed E-state index contributed by atoms with van der Waals surface area (Å²) in [5.74, 6) is 0. The Kier molecular flexibility index (Phi) is 3.66. The second kappa shape index (κ2) is 5.51. The highest BCUT2D eigenvalue weighted by Crippen LogP contribution is 2.39. The van der Waals surface area contributed by atoms with Gasteiger partial charge in [0.05, 0.1) is 25.5 Å². The van der Waals surface area contributed by atoms with Crippen LogP contribution in [0.3, 0.4) is 0 Å². The molecule has 3 nitrogen and oxygen atoms in total. The largest absolute Gasteiger partial charge is 0.243 e. The molecule has 0 unspecified atom stereocenters. The van der Waals surface area contributed by atoms with Crippen molar-refractivity contribution in [2.75, 3.05) is 0 Å². The molecule has 0 aliphatic rings. The molecule has 8 heteroatoms. The third-order valence-corrected chi connectivity index (χ3v) is 6.60. The van der Waals surface area contributed by atoms with Crippen LogP contribution in [0.4, 0.5) is 0 Å². The highest BCUT2D eigenvalue weighted by atomic mass is 79.9. The van der Waals surface area contributed by atoms with Crippen LogP contribution in [0.25, 0.3) is 32.0 Å². The lowest BCUT2D eigenvalue weighted by Crippen LogP contribution is -1.83. The monoisotopic (exact) mass is 457 g/mol. The van der Waals surface area contributed by atoms with Gasteiger partial charge in [0.1, 0.15) is 10.0 Å². The van der Waals surface area contributed by atoms with Gasteiger partial charge in [-0.25, -0.2) is 9.97 Å². The Balaban J connectivity index is 1.96. The highest BCUT2D eigenvalue weighted by Gasteiger charge is 2.15. The first-order chi connectivity index (χ1) is 10.2. The average Bonchev–Trinajstić information content (AvgIpc) is 3.18. The number of benzene rings is 1. The van der Waals surface area contributed by atoms with Crippen LogP contribution < -0.4 is 0 Å². The van der Waals surface area contributed by atoms with E-state index >= 15 is 0 Å². The summed E-state index contributed by atoms with van der Waals surface area (Å²) in [6, 6.07) is 4.19. The van der Waals surface area contributed by atoms with Crippen molar-refractivity contribution in [1.82, 2.24) is 14.3 Å². The Morgan fingerprint density at radius 2 is 1.48 bits per heavy atom. The van der Waals surface area contributed by atoms with Gasteiger partial charge >= 0.3 is 0 Å². The molecule has 3 aromatic heterocycles. The molecular weight excluding hydrogens is 454 g/mol. The number of hydrogen-bond donors (Lipinski definition) is 0. The van der Waals surface area contributed by atoms with E-state index in [-0.39, 0.29) is 0 Å². The maximum absolute atomic E-state index is 4.56. The van der Waals surface area contributed by atoms with Crippen LogP contribution in [-0.4, -0.2) is 14.3 Å². The first kappa shape index (κ1) is 14.0. The van der Waals surface area contributed by atoms with Gasteiger partial charge < -0.3 is 0 Å². The predicted molar refractivity (Wildman–Crippen MR) is 97.2 cm³/mol. The molecule has 0 saturated carbocycles. The molecular formula is C13H5Br2N3S3. The van der Waals surface area contributed by atoms with Crippen LogP contribution in [0.15, 0.2) is 37.5 Å². The van der Waals surface area contributed by atoms with Gasteiger partial charge in [-0.15, -0.1) is 22.7 Å². The molecule has 0 N–H and O–H groups in total. The van der Waals surface area contributed by atoms with Crippen molar-refractivity contribution >= 4 is 77.0 Å². The number of hydrogen-bond acceptors (Lipinski definition) is 6. The van der Waals surface area contributed by atoms with Gasteiger partial charge in [-0.1, -0.05) is 6.07 Å². The molecule has 1 aromatic carbocycles. The highest BCUT2D eigenvalue weighted by molar-refractivity contribution is 9.11. The minimum Gasteiger partial charge on any atom is -0.243 e. The molecule has 0 aliphatic heterocycles. The molecule has 0 aliphatic carbocycles. The summed E-state index contributed by atoms with van der Waals surface area (Å²) in [6.07, 6.45) is 3.65. The fourth-order valence-electron chi connectivity index (χ4n) is 2.07. The zero-order chi connectivity index (χ0) is 14.4. The maximum Gasteiger partial charge on any atom is 0.126 e. The van der Waals surface area contributed by atoms with Gasteiger partial charge in [-0.3, -0.25) is 0 Å². The Morgan fingerprint density at radius 1 is 0.857 bits per heavy atom. The van der Waals surface area contributed by atoms with Gasteiger partial charge in [0.25, 0.3) is 0 Å². The summed E-state index contributed by atoms with van der Waals surface area (Å²) >= 11 is 11.6. The van der Waals surface area contributed by atoms with Crippen LogP contribution in [-0.2, 0) is 0 Å². The zero-order valence-corrected chi connectivity index (χ0v) is 15.8. The van der Waals surface area contributed by atoms with E-state index in [1.165, 1.54) is 11.5 Å². The molecule has 0 fully saturated rings. The first-order valence-corrected chi connectivity index (χ1v) is 9.88. The molecule has 104 valence electrons. The summed E-state index contributed by atoms with van der Waals surface area (Å²) in [4.78, 5) is 8.89. The summed E-state index contributed by atoms with van der Waals surface area (Å²) in [7, 11) is 0. The number of fused-ring (bicyclic) bond motifs is 1. The number of halogens is 2. The minimum atomic E-state index is 0.977. The Bertz CT molecular complexity index is 867. The van der Waals surface area contributed by atoms with E-state index < -0.39 is 0 Å². The van der Waals surface area contributed by atoms with Crippen LogP contribution in [0.5, 0.6) is 0 Å². The lowest BCUT2D eigenvalue weighted by molar-refractivity contribution is 1.40. The van der Waals surface area contributed by atoms with Gasteiger partial charge in [0.2, 0.25) is 0 Å². The normalized spacial score (nSPS) is 11.3. The fraction of sp³-hybridized carbons (Fsp3) is 0. The average molecular weight is 459 g/mol. The van der Waals surface area contributed by atoms with Crippen LogP contribution >= 0.6 is 66.1 Å². The molecule has 0 amide bonds. The number of rotatable bonds is 2. The summed E-state index contributed by atoms with van der Waals surface area (Å²) in [6.45, 7) is 0. The third kappa shape index (κ3) is 2.49. The molecule has 0 saturated heterocycles. The van der Waals surface area contributed by atoms with Crippen molar-refractivity contribution in [2.24, 2.45) is 0 Å². The number of nitrogens with zero attached hydrogens (tertiary/aromatic N) is 3. The topological polar surface area (TPSA) is 38.7 Å². The lowest BCUT2D eigenvalue weighted by atomic mass is 10.1. The second-order valence-electron chi connectivity index (χ2n) is 4.18. The summed E-state index contributed by atoms with van der Waals surface area (Å²) in [5.41, 5.74) is 3.18. The quantitative estimate of drug-likeness (QED) is 0.366. The van der Waals surface area contributed by atoms with E-state index in [1.54, 1.807) is 22.7 Å². The third-order valence-electron chi connectivity index (χ3n) is 2.95. The molecule has 4 rings (SSSR count). The van der Waals surface area contributed by atoms with Crippen molar-refractivity contribution in [2.45, 2.75) is 0 Å². The number of aromatic nitrogens is 3. The smallest absolute Gasteiger partial charge is 0.126 e. The van der Waals surface area contributed by atoms with Crippen LogP contribution in [0.2, 0.25) is 0 Å². The fourth-order valence-corrected chi connectivity index (χ4v) is 5.25. The first-order valence-electron chi connectivity index (χ1n) is 5.83. The van der Waals surface area contributed by atoms with E-state index in [2.05, 4.69) is 63.7 Å². The molecule has 0 radical (unpaired) electrons. The molecule has 3 heterocycles. The Hall–Kier alpha value is -0.670. The van der Waals surface area contributed by atoms with Gasteiger partial charge in [-0.2, -0.15) is 4.37 Å². The molecule has 0 atom stereocenters. The van der Waals surface area contributed by atoms with Gasteiger partial charge in [0.15, 0.2) is 0 Å². The minimum absolute atomic E-state index is 0.977. The SMILES string of the molecule is Brc1cnc(-c2ccc(-c3ncc(Br)s3)c3nscc23)s1. The number of thiazole rings is 2.